The maximum atomic E-state index is 12.4. The molecule has 118 valence electrons. The molecule has 3 nitrogen and oxygen atoms in total. The summed E-state index contributed by atoms with van der Waals surface area (Å²) >= 11 is 1.74. The standard InChI is InChI=1S/C18H24N2OS/c1-13(2)15-7-9-16(10-8-15)19-18(21)14(3)20(4)12-17-6-5-11-22-17/h5-11,13-14H,12H2,1-4H3,(H,19,21)/p+1/t14-/m1/s1. The highest BCUT2D eigenvalue weighted by Gasteiger charge is 2.22. The van der Waals surface area contributed by atoms with Crippen LogP contribution in [0, 0.1) is 0 Å². The van der Waals surface area contributed by atoms with Crippen LogP contribution in [0.2, 0.25) is 0 Å². The third-order valence-electron chi connectivity index (χ3n) is 4.01. The summed E-state index contributed by atoms with van der Waals surface area (Å²) in [5.41, 5.74) is 2.15. The lowest BCUT2D eigenvalue weighted by Gasteiger charge is -2.20. The molecule has 0 saturated heterocycles. The quantitative estimate of drug-likeness (QED) is 0.844. The molecule has 0 saturated carbocycles. The van der Waals surface area contributed by atoms with Crippen molar-refractivity contribution in [3.8, 4) is 0 Å². The van der Waals surface area contributed by atoms with Crippen molar-refractivity contribution in [1.29, 1.82) is 0 Å². The number of nitrogens with one attached hydrogen (secondary N) is 2. The van der Waals surface area contributed by atoms with Gasteiger partial charge in [-0.25, -0.2) is 0 Å². The van der Waals surface area contributed by atoms with Gasteiger partial charge in [-0.15, -0.1) is 11.3 Å². The first kappa shape index (κ1) is 16.7. The Morgan fingerprint density at radius 2 is 1.86 bits per heavy atom. The fraction of sp³-hybridized carbons (Fsp3) is 0.389. The van der Waals surface area contributed by atoms with Gasteiger partial charge in [-0.3, -0.25) is 4.79 Å². The molecule has 0 aliphatic rings. The predicted octanol–water partition coefficient (Wildman–Crippen LogP) is 2.91. The van der Waals surface area contributed by atoms with Crippen LogP contribution < -0.4 is 10.2 Å². The number of quaternary nitrogens is 1. The minimum Gasteiger partial charge on any atom is -0.323 e. The van der Waals surface area contributed by atoms with E-state index in [0.717, 1.165) is 12.2 Å². The topological polar surface area (TPSA) is 33.5 Å². The van der Waals surface area contributed by atoms with Gasteiger partial charge in [0.15, 0.2) is 6.04 Å². The average Bonchev–Trinajstić information content (AvgIpc) is 2.99. The molecule has 22 heavy (non-hydrogen) atoms. The highest BCUT2D eigenvalue weighted by Crippen LogP contribution is 2.17. The van der Waals surface area contributed by atoms with E-state index < -0.39 is 0 Å². The van der Waals surface area contributed by atoms with Crippen molar-refractivity contribution >= 4 is 22.9 Å². The van der Waals surface area contributed by atoms with Crippen LogP contribution in [0.15, 0.2) is 41.8 Å². The van der Waals surface area contributed by atoms with E-state index in [1.807, 2.05) is 25.1 Å². The maximum Gasteiger partial charge on any atom is 0.282 e. The predicted molar refractivity (Wildman–Crippen MR) is 93.5 cm³/mol. The van der Waals surface area contributed by atoms with Crippen molar-refractivity contribution in [2.75, 3.05) is 12.4 Å². The SMILES string of the molecule is CC(C)c1ccc(NC(=O)[C@@H](C)[NH+](C)Cc2cccs2)cc1. The Morgan fingerprint density at radius 1 is 1.18 bits per heavy atom. The molecule has 2 aromatic rings. The lowest BCUT2D eigenvalue weighted by atomic mass is 10.0. The van der Waals surface area contributed by atoms with Crippen LogP contribution in [0.5, 0.6) is 0 Å². The van der Waals surface area contributed by atoms with E-state index in [-0.39, 0.29) is 11.9 Å². The molecule has 1 amide bonds. The zero-order valence-corrected chi connectivity index (χ0v) is 14.5. The molecule has 4 heteroatoms. The van der Waals surface area contributed by atoms with E-state index in [9.17, 15) is 4.79 Å². The summed E-state index contributed by atoms with van der Waals surface area (Å²) in [6.07, 6.45) is 0. The average molecular weight is 317 g/mol. The number of anilines is 1. The summed E-state index contributed by atoms with van der Waals surface area (Å²) in [7, 11) is 2.06. The Hall–Kier alpha value is -1.65. The molecule has 1 heterocycles. The molecule has 1 unspecified atom stereocenters. The Kier molecular flexibility index (Phi) is 5.75. The molecular formula is C18H25N2OS+. The van der Waals surface area contributed by atoms with Gasteiger partial charge in [0.2, 0.25) is 0 Å². The van der Waals surface area contributed by atoms with Crippen LogP contribution in [-0.2, 0) is 11.3 Å². The lowest BCUT2D eigenvalue weighted by molar-refractivity contribution is -0.907. The van der Waals surface area contributed by atoms with Gasteiger partial charge in [-0.1, -0.05) is 32.0 Å². The highest BCUT2D eigenvalue weighted by atomic mass is 32.1. The summed E-state index contributed by atoms with van der Waals surface area (Å²) in [5.74, 6) is 0.566. The summed E-state index contributed by atoms with van der Waals surface area (Å²) in [6, 6.07) is 12.2. The molecule has 2 rings (SSSR count). The van der Waals surface area contributed by atoms with E-state index in [0.29, 0.717) is 5.92 Å². The van der Waals surface area contributed by atoms with Crippen LogP contribution in [-0.4, -0.2) is 19.0 Å². The van der Waals surface area contributed by atoms with Gasteiger partial charge >= 0.3 is 0 Å². The van der Waals surface area contributed by atoms with E-state index >= 15 is 0 Å². The molecule has 1 aromatic carbocycles. The summed E-state index contributed by atoms with van der Waals surface area (Å²) in [5, 5.41) is 5.09. The number of carbonyl (C=O) groups excluding carboxylic acids is 1. The molecule has 2 N–H and O–H groups in total. The van der Waals surface area contributed by atoms with Crippen molar-refractivity contribution in [1.82, 2.24) is 0 Å². The molecule has 2 atom stereocenters. The molecule has 0 aliphatic heterocycles. The molecule has 0 radical (unpaired) electrons. The van der Waals surface area contributed by atoms with Crippen LogP contribution >= 0.6 is 11.3 Å². The Morgan fingerprint density at radius 3 is 2.41 bits per heavy atom. The van der Waals surface area contributed by atoms with Crippen LogP contribution in [0.1, 0.15) is 37.1 Å². The minimum atomic E-state index is -0.0909. The first-order valence-corrected chi connectivity index (χ1v) is 8.61. The number of thiophene rings is 1. The fourth-order valence-corrected chi connectivity index (χ4v) is 3.07. The van der Waals surface area contributed by atoms with E-state index in [4.69, 9.17) is 0 Å². The Bertz CT molecular complexity index is 590. The molecule has 1 aromatic heterocycles. The van der Waals surface area contributed by atoms with Crippen molar-refractivity contribution < 1.29 is 9.69 Å². The summed E-state index contributed by atoms with van der Waals surface area (Å²) < 4.78 is 0. The smallest absolute Gasteiger partial charge is 0.282 e. The van der Waals surface area contributed by atoms with Crippen molar-refractivity contribution in [3.63, 3.8) is 0 Å². The summed E-state index contributed by atoms with van der Waals surface area (Å²) in [6.45, 7) is 7.18. The number of carbonyl (C=O) groups is 1. The first-order chi connectivity index (χ1) is 10.5. The minimum absolute atomic E-state index is 0.0614. The number of likely N-dealkylation sites (N-methyl/N-ethyl adjacent to an activating group) is 1. The summed E-state index contributed by atoms with van der Waals surface area (Å²) in [4.78, 5) is 14.9. The van der Waals surface area contributed by atoms with Gasteiger partial charge in [-0.2, -0.15) is 0 Å². The molecular weight excluding hydrogens is 292 g/mol. The molecule has 0 bridgehead atoms. The second kappa shape index (κ2) is 7.56. The third kappa shape index (κ3) is 4.42. The molecule has 0 fully saturated rings. The number of rotatable bonds is 6. The van der Waals surface area contributed by atoms with Gasteiger partial charge < -0.3 is 10.2 Å². The zero-order valence-electron chi connectivity index (χ0n) is 13.7. The Labute approximate surface area is 137 Å². The van der Waals surface area contributed by atoms with Gasteiger partial charge in [0.05, 0.1) is 11.9 Å². The largest absolute Gasteiger partial charge is 0.323 e. The van der Waals surface area contributed by atoms with Crippen LogP contribution in [0.4, 0.5) is 5.69 Å². The molecule has 0 spiro atoms. The zero-order chi connectivity index (χ0) is 16.1. The van der Waals surface area contributed by atoms with Crippen molar-refractivity contribution in [3.05, 3.63) is 52.2 Å². The van der Waals surface area contributed by atoms with E-state index in [1.54, 1.807) is 11.3 Å². The fourth-order valence-electron chi connectivity index (χ4n) is 2.27. The normalized spacial score (nSPS) is 13.9. The van der Waals surface area contributed by atoms with Crippen LogP contribution in [0.25, 0.3) is 0 Å². The highest BCUT2D eigenvalue weighted by molar-refractivity contribution is 7.09. The van der Waals surface area contributed by atoms with Gasteiger partial charge in [0, 0.05) is 5.69 Å². The lowest BCUT2D eigenvalue weighted by Crippen LogP contribution is -3.12. The van der Waals surface area contributed by atoms with Crippen molar-refractivity contribution in [2.45, 2.75) is 39.3 Å². The van der Waals surface area contributed by atoms with Crippen LogP contribution in [0.3, 0.4) is 0 Å². The Balaban J connectivity index is 1.92. The second-order valence-corrected chi connectivity index (χ2v) is 7.12. The third-order valence-corrected chi connectivity index (χ3v) is 4.89. The number of benzene rings is 1. The van der Waals surface area contributed by atoms with Gasteiger partial charge in [0.25, 0.3) is 5.91 Å². The van der Waals surface area contributed by atoms with Gasteiger partial charge in [-0.05, 0) is 42.0 Å². The molecule has 0 aliphatic carbocycles. The van der Waals surface area contributed by atoms with E-state index in [2.05, 4.69) is 49.8 Å². The number of hydrogen-bond acceptors (Lipinski definition) is 2. The van der Waals surface area contributed by atoms with Gasteiger partial charge in [0.1, 0.15) is 6.54 Å². The first-order valence-electron chi connectivity index (χ1n) is 7.73. The van der Waals surface area contributed by atoms with E-state index in [1.165, 1.54) is 15.3 Å². The number of amides is 1. The second-order valence-electron chi connectivity index (χ2n) is 6.09. The maximum absolute atomic E-state index is 12.4. The monoisotopic (exact) mass is 317 g/mol. The number of hydrogen-bond donors (Lipinski definition) is 2. The van der Waals surface area contributed by atoms with Crippen molar-refractivity contribution in [2.24, 2.45) is 0 Å².